The van der Waals surface area contributed by atoms with Crippen LogP contribution in [-0.4, -0.2) is 46.0 Å². The van der Waals surface area contributed by atoms with Crippen LogP contribution in [0, 0.1) is 6.92 Å². The smallest absolute Gasteiger partial charge is 0.250 e. The fraction of sp³-hybridized carbons (Fsp3) is 0.375. The molecule has 1 aliphatic heterocycles. The Labute approximate surface area is 204 Å². The molecule has 3 aromatic rings. The third-order valence-electron chi connectivity index (χ3n) is 5.55. The summed E-state index contributed by atoms with van der Waals surface area (Å²) < 4.78 is -1.75. The minimum absolute atomic E-state index is 0.105. The summed E-state index contributed by atoms with van der Waals surface area (Å²) in [7, 11) is 0. The van der Waals surface area contributed by atoms with Crippen molar-refractivity contribution in [1.29, 1.82) is 0 Å². The first-order valence-corrected chi connectivity index (χ1v) is 12.0. The van der Waals surface area contributed by atoms with Crippen molar-refractivity contribution >= 4 is 40.8 Å². The van der Waals surface area contributed by atoms with E-state index in [2.05, 4.69) is 56.4 Å². The van der Waals surface area contributed by atoms with Gasteiger partial charge >= 0.3 is 0 Å². The van der Waals surface area contributed by atoms with Gasteiger partial charge in [0.25, 0.3) is 0 Å². The normalized spacial score (nSPS) is 14.6. The van der Waals surface area contributed by atoms with Gasteiger partial charge in [0.15, 0.2) is 11.6 Å². The number of benzene rings is 2. The number of hydrogen-bond donors (Lipinski definition) is 1. The highest BCUT2D eigenvalue weighted by atomic mass is 35.6. The summed E-state index contributed by atoms with van der Waals surface area (Å²) in [6, 6.07) is 16.3. The summed E-state index contributed by atoms with van der Waals surface area (Å²) in [5, 5.41) is 3.29. The minimum atomic E-state index is -1.75. The first kappa shape index (κ1) is 23.2. The topological polar surface area (TPSA) is 53.9 Å². The molecule has 32 heavy (non-hydrogen) atoms. The lowest BCUT2D eigenvalue weighted by molar-refractivity contribution is 0.337. The van der Waals surface area contributed by atoms with Gasteiger partial charge in [-0.15, -0.1) is 0 Å². The zero-order chi connectivity index (χ0) is 22.6. The lowest BCUT2D eigenvalue weighted by Gasteiger charge is -2.16. The van der Waals surface area contributed by atoms with Crippen LogP contribution >= 0.6 is 34.8 Å². The monoisotopic (exact) mass is 489 g/mol. The highest BCUT2D eigenvalue weighted by molar-refractivity contribution is 6.66. The third kappa shape index (κ3) is 5.90. The van der Waals surface area contributed by atoms with E-state index in [4.69, 9.17) is 34.8 Å². The van der Waals surface area contributed by atoms with Crippen molar-refractivity contribution in [3.05, 3.63) is 59.9 Å². The Hall–Kier alpha value is -1.92. The highest BCUT2D eigenvalue weighted by Gasteiger charge is 2.29. The quantitative estimate of drug-likeness (QED) is 0.314. The van der Waals surface area contributed by atoms with Crippen LogP contribution in [0.25, 0.3) is 22.5 Å². The Morgan fingerprint density at radius 1 is 0.906 bits per heavy atom. The minimum Gasteiger partial charge on any atom is -0.354 e. The average Bonchev–Trinajstić information content (AvgIpc) is 3.30. The summed E-state index contributed by atoms with van der Waals surface area (Å²) in [6.45, 7) is 6.22. The van der Waals surface area contributed by atoms with Gasteiger partial charge in [0.2, 0.25) is 9.74 Å². The van der Waals surface area contributed by atoms with E-state index in [0.717, 1.165) is 36.2 Å². The van der Waals surface area contributed by atoms with Crippen molar-refractivity contribution in [3.8, 4) is 22.5 Å². The van der Waals surface area contributed by atoms with Gasteiger partial charge in [-0.05, 0) is 56.9 Å². The van der Waals surface area contributed by atoms with Crippen LogP contribution in [0.15, 0.2) is 48.5 Å². The predicted molar refractivity (Wildman–Crippen MR) is 133 cm³/mol. The molecule has 0 saturated carbocycles. The Morgan fingerprint density at radius 3 is 2.28 bits per heavy atom. The van der Waals surface area contributed by atoms with Gasteiger partial charge in [-0.25, -0.2) is 4.98 Å². The van der Waals surface area contributed by atoms with Crippen molar-refractivity contribution < 1.29 is 0 Å². The van der Waals surface area contributed by atoms with Gasteiger partial charge in [-0.1, -0.05) is 88.9 Å². The molecule has 0 unspecified atom stereocenters. The van der Waals surface area contributed by atoms with E-state index in [9.17, 15) is 0 Å². The van der Waals surface area contributed by atoms with Crippen LogP contribution in [0.3, 0.4) is 0 Å². The largest absolute Gasteiger partial charge is 0.354 e. The first-order chi connectivity index (χ1) is 15.4. The van der Waals surface area contributed by atoms with Crippen molar-refractivity contribution in [3.63, 3.8) is 0 Å². The molecule has 0 amide bonds. The van der Waals surface area contributed by atoms with Crippen molar-refractivity contribution in [2.24, 2.45) is 0 Å². The number of anilines is 1. The number of alkyl halides is 3. The molecule has 8 heteroatoms. The maximum atomic E-state index is 6.16. The zero-order valence-electron chi connectivity index (χ0n) is 18.0. The molecule has 2 heterocycles. The molecule has 0 bridgehead atoms. The molecule has 168 valence electrons. The fourth-order valence-electron chi connectivity index (χ4n) is 3.87. The van der Waals surface area contributed by atoms with E-state index >= 15 is 0 Å². The van der Waals surface area contributed by atoms with Gasteiger partial charge < -0.3 is 10.2 Å². The summed E-state index contributed by atoms with van der Waals surface area (Å²) in [5.74, 6) is 0.990. The number of likely N-dealkylation sites (tertiary alicyclic amines) is 1. The van der Waals surface area contributed by atoms with Crippen LogP contribution in [0.5, 0.6) is 0 Å². The van der Waals surface area contributed by atoms with Crippen LogP contribution in [-0.2, 0) is 3.79 Å². The van der Waals surface area contributed by atoms with Crippen LogP contribution < -0.4 is 5.32 Å². The summed E-state index contributed by atoms with van der Waals surface area (Å²) in [5.41, 5.74) is 4.13. The summed E-state index contributed by atoms with van der Waals surface area (Å²) in [6.07, 6.45) is 3.57. The van der Waals surface area contributed by atoms with E-state index in [0.29, 0.717) is 11.8 Å². The van der Waals surface area contributed by atoms with E-state index in [-0.39, 0.29) is 5.82 Å². The second-order valence-electron chi connectivity index (χ2n) is 8.04. The first-order valence-electron chi connectivity index (χ1n) is 10.9. The molecule has 1 fully saturated rings. The summed E-state index contributed by atoms with van der Waals surface area (Å²) in [4.78, 5) is 16.0. The van der Waals surface area contributed by atoms with Gasteiger partial charge in [0, 0.05) is 12.1 Å². The second-order valence-corrected chi connectivity index (χ2v) is 10.3. The van der Waals surface area contributed by atoms with E-state index in [1.807, 2.05) is 24.3 Å². The highest BCUT2D eigenvalue weighted by Crippen LogP contribution is 2.38. The molecule has 0 spiro atoms. The SMILES string of the molecule is Cc1ccc(-c2ccccc2-c2nc(NCCCN3CCCC3)nc(C(Cl)(Cl)Cl)n2)cc1. The summed E-state index contributed by atoms with van der Waals surface area (Å²) >= 11 is 18.5. The number of nitrogens with one attached hydrogen (secondary N) is 1. The molecule has 0 aliphatic carbocycles. The molecule has 1 aliphatic rings. The standard InChI is InChI=1S/C24H26Cl3N5/c1-17-9-11-18(12-10-17)19-7-2-3-8-20(19)21-29-22(24(25,26)27)31-23(30-21)28-13-6-16-32-14-4-5-15-32/h2-3,7-12H,4-6,13-16H2,1H3,(H,28,29,30,31). The Kier molecular flexibility index (Phi) is 7.51. The number of hydrogen-bond acceptors (Lipinski definition) is 5. The Bertz CT molecular complexity index is 1040. The fourth-order valence-corrected chi connectivity index (χ4v) is 4.13. The zero-order valence-corrected chi connectivity index (χ0v) is 20.3. The Morgan fingerprint density at radius 2 is 1.59 bits per heavy atom. The molecule has 0 radical (unpaired) electrons. The molecule has 2 aromatic carbocycles. The average molecular weight is 491 g/mol. The lowest BCUT2D eigenvalue weighted by atomic mass is 9.98. The third-order valence-corrected chi connectivity index (χ3v) is 6.06. The van der Waals surface area contributed by atoms with Gasteiger partial charge in [0.1, 0.15) is 0 Å². The number of aromatic nitrogens is 3. The molecule has 4 rings (SSSR count). The van der Waals surface area contributed by atoms with Crippen molar-refractivity contribution in [2.45, 2.75) is 30.0 Å². The Balaban J connectivity index is 1.62. The number of aryl methyl sites for hydroxylation is 1. The lowest BCUT2D eigenvalue weighted by Crippen LogP contribution is -2.23. The number of nitrogens with zero attached hydrogens (tertiary/aromatic N) is 4. The van der Waals surface area contributed by atoms with E-state index in [1.54, 1.807) is 0 Å². The number of rotatable bonds is 7. The molecule has 1 N–H and O–H groups in total. The number of halogens is 3. The van der Waals surface area contributed by atoms with Gasteiger partial charge in [-0.2, -0.15) is 9.97 Å². The van der Waals surface area contributed by atoms with Gasteiger partial charge in [-0.3, -0.25) is 0 Å². The van der Waals surface area contributed by atoms with E-state index in [1.165, 1.54) is 31.5 Å². The predicted octanol–water partition coefficient (Wildman–Crippen LogP) is 6.24. The molecular formula is C24H26Cl3N5. The van der Waals surface area contributed by atoms with Crippen LogP contribution in [0.2, 0.25) is 0 Å². The maximum absolute atomic E-state index is 6.16. The molecule has 0 atom stereocenters. The molecule has 5 nitrogen and oxygen atoms in total. The van der Waals surface area contributed by atoms with Crippen molar-refractivity contribution in [2.75, 3.05) is 31.5 Å². The molecule has 1 aromatic heterocycles. The van der Waals surface area contributed by atoms with Gasteiger partial charge in [0.05, 0.1) is 0 Å². The van der Waals surface area contributed by atoms with Crippen molar-refractivity contribution in [1.82, 2.24) is 19.9 Å². The van der Waals surface area contributed by atoms with Crippen LogP contribution in [0.1, 0.15) is 30.7 Å². The van der Waals surface area contributed by atoms with Crippen LogP contribution in [0.4, 0.5) is 5.95 Å². The second kappa shape index (κ2) is 10.3. The maximum Gasteiger partial charge on any atom is 0.250 e. The molecule has 1 saturated heterocycles. The van der Waals surface area contributed by atoms with E-state index < -0.39 is 3.79 Å². The molecular weight excluding hydrogens is 465 g/mol.